The van der Waals surface area contributed by atoms with Crippen LogP contribution in [0.2, 0.25) is 0 Å². The molecule has 3 aliphatic rings. The first-order valence-corrected chi connectivity index (χ1v) is 15.2. The maximum Gasteiger partial charge on any atom is 0.231 e. The lowest BCUT2D eigenvalue weighted by molar-refractivity contribution is 0.173. The number of likely N-dealkylation sites (tertiary alicyclic amines) is 2. The standard InChI is InChI=1S/C34H39N5O3/c1-40-28-8-9-29-30(20-28)34(37-36-33(29)26-11-15-38(16-12-26)21-24-5-3-2-4-6-24)35-27-13-17-39(18-14-27)22-25-7-10-31-32(19-25)42-23-41-31/h2-10,19-20,26-27H,11-18,21-23H2,1H3,(H,35,37). The summed E-state index contributed by atoms with van der Waals surface area (Å²) in [7, 11) is 1.72. The third-order valence-electron chi connectivity index (χ3n) is 9.01. The molecule has 1 N–H and O–H groups in total. The predicted octanol–water partition coefficient (Wildman–Crippen LogP) is 5.82. The maximum absolute atomic E-state index is 5.62. The molecule has 42 heavy (non-hydrogen) atoms. The summed E-state index contributed by atoms with van der Waals surface area (Å²) in [5.74, 6) is 3.82. The van der Waals surface area contributed by atoms with E-state index in [4.69, 9.17) is 24.4 Å². The summed E-state index contributed by atoms with van der Waals surface area (Å²) in [4.78, 5) is 5.06. The number of piperidine rings is 2. The largest absolute Gasteiger partial charge is 0.497 e. The lowest BCUT2D eigenvalue weighted by Gasteiger charge is -2.33. The Labute approximate surface area is 247 Å². The van der Waals surface area contributed by atoms with Gasteiger partial charge in [0.1, 0.15) is 5.75 Å². The van der Waals surface area contributed by atoms with Crippen LogP contribution in [-0.2, 0) is 13.1 Å². The van der Waals surface area contributed by atoms with Gasteiger partial charge < -0.3 is 19.5 Å². The van der Waals surface area contributed by atoms with E-state index in [2.05, 4.69) is 75.8 Å². The summed E-state index contributed by atoms with van der Waals surface area (Å²) in [6.07, 6.45) is 4.30. The molecule has 2 saturated heterocycles. The molecule has 0 spiro atoms. The van der Waals surface area contributed by atoms with Crippen LogP contribution in [0.4, 0.5) is 5.82 Å². The van der Waals surface area contributed by atoms with Gasteiger partial charge in [0.25, 0.3) is 0 Å². The highest BCUT2D eigenvalue weighted by Gasteiger charge is 2.26. The fraction of sp³-hybridized carbons (Fsp3) is 0.412. The fourth-order valence-electron chi connectivity index (χ4n) is 6.62. The second kappa shape index (κ2) is 12.2. The number of anilines is 1. The number of benzene rings is 3. The zero-order chi connectivity index (χ0) is 28.3. The maximum atomic E-state index is 5.62. The molecule has 0 saturated carbocycles. The molecule has 3 aromatic carbocycles. The van der Waals surface area contributed by atoms with Crippen molar-refractivity contribution >= 4 is 16.6 Å². The van der Waals surface area contributed by atoms with Gasteiger partial charge in [-0.2, -0.15) is 5.10 Å². The number of ether oxygens (including phenoxy) is 3. The highest BCUT2D eigenvalue weighted by Crippen LogP contribution is 2.36. The number of fused-ring (bicyclic) bond motifs is 2. The van der Waals surface area contributed by atoms with Crippen LogP contribution in [0.1, 0.15) is 48.4 Å². The summed E-state index contributed by atoms with van der Waals surface area (Å²) in [6, 6.07) is 23.7. The third-order valence-corrected chi connectivity index (χ3v) is 9.01. The van der Waals surface area contributed by atoms with Gasteiger partial charge in [0.15, 0.2) is 17.3 Å². The molecule has 3 aliphatic heterocycles. The van der Waals surface area contributed by atoms with Crippen molar-refractivity contribution in [3.8, 4) is 17.2 Å². The van der Waals surface area contributed by atoms with Crippen LogP contribution < -0.4 is 19.5 Å². The van der Waals surface area contributed by atoms with Crippen molar-refractivity contribution in [1.82, 2.24) is 20.0 Å². The normalized spacial score (nSPS) is 18.4. The summed E-state index contributed by atoms with van der Waals surface area (Å²) in [5, 5.41) is 15.7. The van der Waals surface area contributed by atoms with Gasteiger partial charge in [-0.1, -0.05) is 36.4 Å². The van der Waals surface area contributed by atoms with E-state index in [1.54, 1.807) is 7.11 Å². The van der Waals surface area contributed by atoms with Crippen LogP contribution >= 0.6 is 0 Å². The van der Waals surface area contributed by atoms with Crippen LogP contribution in [0.5, 0.6) is 17.2 Å². The molecule has 2 fully saturated rings. The van der Waals surface area contributed by atoms with Crippen molar-refractivity contribution in [1.29, 1.82) is 0 Å². The minimum absolute atomic E-state index is 0.314. The van der Waals surface area contributed by atoms with Crippen molar-refractivity contribution in [2.75, 3.05) is 45.4 Å². The molecule has 218 valence electrons. The van der Waals surface area contributed by atoms with Gasteiger partial charge in [-0.15, -0.1) is 5.10 Å². The Balaban J connectivity index is 1.01. The first-order chi connectivity index (χ1) is 20.7. The zero-order valence-corrected chi connectivity index (χ0v) is 24.3. The van der Waals surface area contributed by atoms with Crippen molar-refractivity contribution in [2.45, 2.75) is 50.7 Å². The minimum Gasteiger partial charge on any atom is -0.497 e. The Morgan fingerprint density at radius 3 is 2.29 bits per heavy atom. The van der Waals surface area contributed by atoms with E-state index in [0.717, 1.165) is 99.1 Å². The average molecular weight is 566 g/mol. The average Bonchev–Trinajstić information content (AvgIpc) is 3.51. The van der Waals surface area contributed by atoms with E-state index < -0.39 is 0 Å². The van der Waals surface area contributed by atoms with Gasteiger partial charge in [0.05, 0.1) is 12.8 Å². The molecule has 0 radical (unpaired) electrons. The quantitative estimate of drug-likeness (QED) is 0.287. The van der Waals surface area contributed by atoms with Gasteiger partial charge in [-0.25, -0.2) is 0 Å². The molecular formula is C34H39N5O3. The highest BCUT2D eigenvalue weighted by molar-refractivity contribution is 5.94. The Morgan fingerprint density at radius 2 is 1.50 bits per heavy atom. The molecule has 4 heterocycles. The third kappa shape index (κ3) is 5.87. The first-order valence-electron chi connectivity index (χ1n) is 15.2. The highest BCUT2D eigenvalue weighted by atomic mass is 16.7. The number of methoxy groups -OCH3 is 1. The van der Waals surface area contributed by atoms with Gasteiger partial charge in [0, 0.05) is 48.9 Å². The summed E-state index contributed by atoms with van der Waals surface area (Å²) >= 11 is 0. The second-order valence-corrected chi connectivity index (χ2v) is 11.8. The lowest BCUT2D eigenvalue weighted by atomic mass is 9.90. The van der Waals surface area contributed by atoms with Crippen LogP contribution in [0.15, 0.2) is 66.7 Å². The number of nitrogens with one attached hydrogen (secondary N) is 1. The molecule has 0 amide bonds. The van der Waals surface area contributed by atoms with E-state index in [1.807, 2.05) is 6.07 Å². The van der Waals surface area contributed by atoms with E-state index in [9.17, 15) is 0 Å². The molecule has 0 unspecified atom stereocenters. The summed E-state index contributed by atoms with van der Waals surface area (Å²) in [5.41, 5.74) is 3.76. The molecular weight excluding hydrogens is 526 g/mol. The van der Waals surface area contributed by atoms with Crippen LogP contribution in [-0.4, -0.2) is 66.1 Å². The SMILES string of the molecule is COc1ccc2c(C3CCN(Cc4ccccc4)CC3)nnc(NC3CCN(Cc4ccc5c(c4)OCO5)CC3)c2c1. The molecule has 0 atom stereocenters. The summed E-state index contributed by atoms with van der Waals surface area (Å²) < 4.78 is 16.6. The van der Waals surface area contributed by atoms with Gasteiger partial charge >= 0.3 is 0 Å². The number of aromatic nitrogens is 2. The Kier molecular flexibility index (Phi) is 7.81. The van der Waals surface area contributed by atoms with Crippen molar-refractivity contribution in [2.24, 2.45) is 0 Å². The van der Waals surface area contributed by atoms with Gasteiger partial charge in [-0.3, -0.25) is 9.80 Å². The first kappa shape index (κ1) is 27.0. The molecule has 0 bridgehead atoms. The van der Waals surface area contributed by atoms with E-state index in [0.29, 0.717) is 18.8 Å². The van der Waals surface area contributed by atoms with Crippen LogP contribution in [0.25, 0.3) is 10.8 Å². The Bertz CT molecular complexity index is 1510. The smallest absolute Gasteiger partial charge is 0.231 e. The predicted molar refractivity (Wildman–Crippen MR) is 164 cm³/mol. The zero-order valence-electron chi connectivity index (χ0n) is 24.3. The molecule has 8 nitrogen and oxygen atoms in total. The number of nitrogens with zero attached hydrogens (tertiary/aromatic N) is 4. The van der Waals surface area contributed by atoms with Crippen LogP contribution in [0, 0.1) is 0 Å². The van der Waals surface area contributed by atoms with E-state index in [1.165, 1.54) is 16.5 Å². The van der Waals surface area contributed by atoms with Crippen LogP contribution in [0.3, 0.4) is 0 Å². The van der Waals surface area contributed by atoms with Crippen molar-refractivity contribution < 1.29 is 14.2 Å². The molecule has 7 rings (SSSR count). The molecule has 8 heteroatoms. The van der Waals surface area contributed by atoms with Gasteiger partial charge in [-0.05, 0) is 80.2 Å². The minimum atomic E-state index is 0.314. The lowest BCUT2D eigenvalue weighted by Crippen LogP contribution is -2.38. The van der Waals surface area contributed by atoms with Crippen molar-refractivity contribution in [3.05, 3.63) is 83.6 Å². The monoisotopic (exact) mass is 565 g/mol. The molecule has 0 aliphatic carbocycles. The molecule has 4 aromatic rings. The van der Waals surface area contributed by atoms with E-state index in [-0.39, 0.29) is 0 Å². The van der Waals surface area contributed by atoms with Gasteiger partial charge in [0.2, 0.25) is 6.79 Å². The van der Waals surface area contributed by atoms with E-state index >= 15 is 0 Å². The van der Waals surface area contributed by atoms with Crippen molar-refractivity contribution in [3.63, 3.8) is 0 Å². The second-order valence-electron chi connectivity index (χ2n) is 11.8. The number of hydrogen-bond acceptors (Lipinski definition) is 8. The Morgan fingerprint density at radius 1 is 0.762 bits per heavy atom. The fourth-order valence-corrected chi connectivity index (χ4v) is 6.62. The Hall–Kier alpha value is -3.88. The number of hydrogen-bond donors (Lipinski definition) is 1. The topological polar surface area (TPSA) is 72.0 Å². The molecule has 1 aromatic heterocycles. The summed E-state index contributed by atoms with van der Waals surface area (Å²) in [6.45, 7) is 6.44. The number of rotatable bonds is 8.